The van der Waals surface area contributed by atoms with Gasteiger partial charge in [-0.25, -0.2) is 0 Å². The lowest BCUT2D eigenvalue weighted by Crippen LogP contribution is -2.41. The average molecular weight is 243 g/mol. The third kappa shape index (κ3) is 4.84. The van der Waals surface area contributed by atoms with Crippen LogP contribution >= 0.6 is 0 Å². The van der Waals surface area contributed by atoms with Crippen LogP contribution < -0.4 is 5.32 Å². The molecule has 1 N–H and O–H groups in total. The number of ketones is 1. The summed E-state index contributed by atoms with van der Waals surface area (Å²) in [7, 11) is 0. The van der Waals surface area contributed by atoms with Crippen molar-refractivity contribution in [2.75, 3.05) is 0 Å². The Morgan fingerprint density at radius 3 is 2.56 bits per heavy atom. The van der Waals surface area contributed by atoms with Crippen LogP contribution in [0.4, 0.5) is 0 Å². The van der Waals surface area contributed by atoms with Crippen molar-refractivity contribution in [1.29, 1.82) is 0 Å². The molecule has 0 aliphatic carbocycles. The summed E-state index contributed by atoms with van der Waals surface area (Å²) in [6, 6.07) is 9.11. The van der Waals surface area contributed by atoms with Gasteiger partial charge in [0.2, 0.25) is 5.91 Å². The third-order valence-electron chi connectivity index (χ3n) is 2.56. The Morgan fingerprint density at radius 2 is 2.00 bits per heavy atom. The second kappa shape index (κ2) is 7.29. The van der Waals surface area contributed by atoms with Crippen LogP contribution in [-0.2, 0) is 16.0 Å². The smallest absolute Gasteiger partial charge is 0.217 e. The molecule has 0 saturated heterocycles. The first-order valence-corrected chi connectivity index (χ1v) is 5.90. The maximum atomic E-state index is 11.9. The zero-order valence-corrected chi connectivity index (χ0v) is 10.5. The number of Topliss-reactive ketones (excluding diaryl/α,β-unsaturated/α-hetero) is 1. The van der Waals surface area contributed by atoms with Crippen LogP contribution in [-0.4, -0.2) is 17.7 Å². The number of benzene rings is 1. The van der Waals surface area contributed by atoms with Crippen molar-refractivity contribution < 1.29 is 9.59 Å². The largest absolute Gasteiger partial charge is 0.346 e. The zero-order valence-electron chi connectivity index (χ0n) is 10.5. The first kappa shape index (κ1) is 14.0. The maximum Gasteiger partial charge on any atom is 0.217 e. The van der Waals surface area contributed by atoms with E-state index < -0.39 is 6.04 Å². The number of nitrogens with one attached hydrogen (secondary N) is 1. The van der Waals surface area contributed by atoms with Crippen molar-refractivity contribution in [3.8, 4) is 12.3 Å². The molecule has 94 valence electrons. The molecule has 1 aromatic rings. The second-order valence-corrected chi connectivity index (χ2v) is 4.11. The van der Waals surface area contributed by atoms with Crippen molar-refractivity contribution in [3.63, 3.8) is 0 Å². The van der Waals surface area contributed by atoms with Gasteiger partial charge in [0.05, 0.1) is 6.04 Å². The Kier molecular flexibility index (Phi) is 5.66. The van der Waals surface area contributed by atoms with Gasteiger partial charge in [0.1, 0.15) is 0 Å². The Labute approximate surface area is 108 Å². The van der Waals surface area contributed by atoms with Crippen LogP contribution in [0, 0.1) is 12.3 Å². The summed E-state index contributed by atoms with van der Waals surface area (Å²) >= 11 is 0. The summed E-state index contributed by atoms with van der Waals surface area (Å²) in [5.41, 5.74) is 1.02. The van der Waals surface area contributed by atoms with Gasteiger partial charge < -0.3 is 5.32 Å². The van der Waals surface area contributed by atoms with E-state index in [-0.39, 0.29) is 11.7 Å². The van der Waals surface area contributed by atoms with Crippen LogP contribution in [0.15, 0.2) is 30.3 Å². The van der Waals surface area contributed by atoms with Crippen LogP contribution in [0.25, 0.3) is 0 Å². The highest BCUT2D eigenvalue weighted by Gasteiger charge is 2.18. The molecule has 1 amide bonds. The molecule has 1 rings (SSSR count). The van der Waals surface area contributed by atoms with Gasteiger partial charge in [0, 0.05) is 19.8 Å². The van der Waals surface area contributed by atoms with Gasteiger partial charge in [-0.2, -0.15) is 0 Å². The van der Waals surface area contributed by atoms with E-state index in [1.807, 2.05) is 30.3 Å². The first-order chi connectivity index (χ1) is 8.63. The molecule has 1 atom stereocenters. The number of terminal acetylenes is 1. The highest BCUT2D eigenvalue weighted by atomic mass is 16.2. The molecule has 1 aromatic carbocycles. The molecule has 0 unspecified atom stereocenters. The van der Waals surface area contributed by atoms with Crippen molar-refractivity contribution in [2.45, 2.75) is 32.2 Å². The molecular formula is C15H17NO2. The number of hydrogen-bond acceptors (Lipinski definition) is 2. The summed E-state index contributed by atoms with van der Waals surface area (Å²) in [5, 5.41) is 2.68. The van der Waals surface area contributed by atoms with Crippen molar-refractivity contribution in [1.82, 2.24) is 5.32 Å². The molecule has 0 bridgehead atoms. The highest BCUT2D eigenvalue weighted by Crippen LogP contribution is 2.06. The zero-order chi connectivity index (χ0) is 13.4. The summed E-state index contributed by atoms with van der Waals surface area (Å²) in [6.45, 7) is 1.41. The number of carbonyl (C=O) groups is 2. The monoisotopic (exact) mass is 243 g/mol. The lowest BCUT2D eigenvalue weighted by Gasteiger charge is -2.16. The molecule has 0 fully saturated rings. The maximum absolute atomic E-state index is 11.9. The standard InChI is InChI=1S/C15H17NO2/c1-3-4-10-15(18)14(16-12(2)17)11-13-8-6-5-7-9-13/h1,5-9,14H,4,10-11H2,2H3,(H,16,17)/t14-/m0/s1. The fourth-order valence-corrected chi connectivity index (χ4v) is 1.71. The molecule has 3 nitrogen and oxygen atoms in total. The van der Waals surface area contributed by atoms with Crippen LogP contribution in [0.2, 0.25) is 0 Å². The number of amides is 1. The highest BCUT2D eigenvalue weighted by molar-refractivity contribution is 5.88. The second-order valence-electron chi connectivity index (χ2n) is 4.11. The Balaban J connectivity index is 2.69. The Bertz CT molecular complexity index is 445. The molecular weight excluding hydrogens is 226 g/mol. The summed E-state index contributed by atoms with van der Waals surface area (Å²) in [5.74, 6) is 2.21. The molecule has 0 radical (unpaired) electrons. The van der Waals surface area contributed by atoms with E-state index in [9.17, 15) is 9.59 Å². The molecule has 0 saturated carbocycles. The van der Waals surface area contributed by atoms with Crippen LogP contribution in [0.1, 0.15) is 25.3 Å². The van der Waals surface area contributed by atoms with Gasteiger partial charge in [-0.3, -0.25) is 9.59 Å². The predicted octanol–water partition coefficient (Wildman–Crippen LogP) is 1.72. The first-order valence-electron chi connectivity index (χ1n) is 5.90. The average Bonchev–Trinajstić information content (AvgIpc) is 2.36. The Morgan fingerprint density at radius 1 is 1.33 bits per heavy atom. The van der Waals surface area contributed by atoms with Crippen LogP contribution in [0.3, 0.4) is 0 Å². The van der Waals surface area contributed by atoms with Gasteiger partial charge in [-0.15, -0.1) is 12.3 Å². The Hall–Kier alpha value is -2.08. The van der Waals surface area contributed by atoms with Crippen LogP contribution in [0.5, 0.6) is 0 Å². The number of carbonyl (C=O) groups excluding carboxylic acids is 2. The van der Waals surface area contributed by atoms with E-state index >= 15 is 0 Å². The fourth-order valence-electron chi connectivity index (χ4n) is 1.71. The van der Waals surface area contributed by atoms with Gasteiger partial charge in [0.15, 0.2) is 5.78 Å². The molecule has 0 aliphatic heterocycles. The van der Waals surface area contributed by atoms with Gasteiger partial charge in [-0.05, 0) is 12.0 Å². The van der Waals surface area contributed by atoms with E-state index in [0.717, 1.165) is 5.56 Å². The van der Waals surface area contributed by atoms with E-state index in [0.29, 0.717) is 19.3 Å². The topological polar surface area (TPSA) is 46.2 Å². The molecule has 18 heavy (non-hydrogen) atoms. The fraction of sp³-hybridized carbons (Fsp3) is 0.333. The normalized spacial score (nSPS) is 11.3. The van der Waals surface area contributed by atoms with Gasteiger partial charge in [-0.1, -0.05) is 30.3 Å². The molecule has 0 aliphatic rings. The van der Waals surface area contributed by atoms with Gasteiger partial charge >= 0.3 is 0 Å². The molecule has 0 spiro atoms. The lowest BCUT2D eigenvalue weighted by atomic mass is 9.99. The minimum atomic E-state index is -0.488. The lowest BCUT2D eigenvalue weighted by molar-refractivity contribution is -0.126. The minimum absolute atomic E-state index is 0.0213. The SMILES string of the molecule is C#CCCC(=O)[C@H](Cc1ccccc1)NC(C)=O. The molecule has 0 aromatic heterocycles. The van der Waals surface area contributed by atoms with Crippen molar-refractivity contribution in [3.05, 3.63) is 35.9 Å². The van der Waals surface area contributed by atoms with Crippen molar-refractivity contribution in [2.24, 2.45) is 0 Å². The summed E-state index contributed by atoms with van der Waals surface area (Å²) in [4.78, 5) is 23.1. The van der Waals surface area contributed by atoms with Gasteiger partial charge in [0.25, 0.3) is 0 Å². The summed E-state index contributed by atoms with van der Waals surface area (Å²) < 4.78 is 0. The molecule has 0 heterocycles. The number of rotatable bonds is 6. The third-order valence-corrected chi connectivity index (χ3v) is 2.56. The van der Waals surface area contributed by atoms with E-state index in [2.05, 4.69) is 11.2 Å². The van der Waals surface area contributed by atoms with E-state index in [4.69, 9.17) is 6.42 Å². The van der Waals surface area contributed by atoms with E-state index in [1.54, 1.807) is 0 Å². The quantitative estimate of drug-likeness (QED) is 0.773. The van der Waals surface area contributed by atoms with E-state index in [1.165, 1.54) is 6.92 Å². The summed E-state index contributed by atoms with van der Waals surface area (Å²) in [6.07, 6.45) is 6.35. The minimum Gasteiger partial charge on any atom is -0.346 e. The number of hydrogen-bond donors (Lipinski definition) is 1. The van der Waals surface area contributed by atoms with Crippen molar-refractivity contribution >= 4 is 11.7 Å². The predicted molar refractivity (Wildman–Crippen MR) is 70.8 cm³/mol. The molecule has 3 heteroatoms.